The van der Waals surface area contributed by atoms with E-state index in [1.807, 2.05) is 12.1 Å². The first-order chi connectivity index (χ1) is 9.79. The number of rotatable bonds is 6. The summed E-state index contributed by atoms with van der Waals surface area (Å²) >= 11 is 3.28. The number of hydrogen-bond donors (Lipinski definition) is 2. The van der Waals surface area contributed by atoms with Crippen molar-refractivity contribution >= 4 is 27.7 Å². The zero-order valence-corrected chi connectivity index (χ0v) is 12.6. The van der Waals surface area contributed by atoms with Crippen LogP contribution in [0.1, 0.15) is 12.0 Å². The Labute approximate surface area is 128 Å². The van der Waals surface area contributed by atoms with E-state index in [2.05, 4.69) is 21.2 Å². The van der Waals surface area contributed by atoms with Gasteiger partial charge in [-0.1, -0.05) is 28.1 Å². The smallest absolute Gasteiger partial charge is 0.356 e. The van der Waals surface area contributed by atoms with Crippen molar-refractivity contribution < 1.29 is 22.8 Å². The number of alkyl halides is 3. The summed E-state index contributed by atoms with van der Waals surface area (Å²) in [6.07, 6.45) is -4.44. The average Bonchev–Trinajstić information content (AvgIpc) is 2.39. The number of amides is 2. The molecule has 0 aliphatic carbocycles. The Bertz CT molecular complexity index is 489. The molecule has 21 heavy (non-hydrogen) atoms. The van der Waals surface area contributed by atoms with E-state index in [9.17, 15) is 22.8 Å². The molecule has 4 nitrogen and oxygen atoms in total. The van der Waals surface area contributed by atoms with Gasteiger partial charge in [-0.2, -0.15) is 13.2 Å². The normalized spacial score (nSPS) is 11.0. The van der Waals surface area contributed by atoms with Gasteiger partial charge < -0.3 is 10.6 Å². The van der Waals surface area contributed by atoms with Crippen molar-refractivity contribution in [3.63, 3.8) is 0 Å². The van der Waals surface area contributed by atoms with Crippen LogP contribution in [0.15, 0.2) is 28.7 Å². The van der Waals surface area contributed by atoms with Crippen molar-refractivity contribution in [2.75, 3.05) is 13.1 Å². The molecule has 2 amide bonds. The Kier molecular flexibility index (Phi) is 6.67. The lowest BCUT2D eigenvalue weighted by atomic mass is 10.1. The summed E-state index contributed by atoms with van der Waals surface area (Å²) in [5, 5.41) is 4.31. The molecule has 2 N–H and O–H groups in total. The van der Waals surface area contributed by atoms with Crippen LogP contribution in [0.4, 0.5) is 13.2 Å². The van der Waals surface area contributed by atoms with Gasteiger partial charge in [-0.3, -0.25) is 9.59 Å². The van der Waals surface area contributed by atoms with Crippen LogP contribution in [0.3, 0.4) is 0 Å². The fraction of sp³-hybridized carbons (Fsp3) is 0.385. The Hall–Kier alpha value is -1.57. The van der Waals surface area contributed by atoms with Crippen molar-refractivity contribution in [3.8, 4) is 0 Å². The lowest BCUT2D eigenvalue weighted by Crippen LogP contribution is -2.38. The zero-order chi connectivity index (χ0) is 15.9. The summed E-state index contributed by atoms with van der Waals surface area (Å²) < 4.78 is 36.5. The van der Waals surface area contributed by atoms with Gasteiger partial charge in [0, 0.05) is 17.6 Å². The Morgan fingerprint density at radius 2 is 1.62 bits per heavy atom. The first-order valence-electron chi connectivity index (χ1n) is 6.15. The molecule has 0 radical (unpaired) electrons. The topological polar surface area (TPSA) is 58.2 Å². The van der Waals surface area contributed by atoms with E-state index >= 15 is 0 Å². The van der Waals surface area contributed by atoms with Gasteiger partial charge >= 0.3 is 12.1 Å². The maximum atomic E-state index is 11.9. The van der Waals surface area contributed by atoms with Crippen LogP contribution in [0.5, 0.6) is 0 Å². The molecule has 0 atom stereocenters. The van der Waals surface area contributed by atoms with Gasteiger partial charge in [-0.05, 0) is 24.1 Å². The van der Waals surface area contributed by atoms with Gasteiger partial charge in [-0.15, -0.1) is 0 Å². The summed E-state index contributed by atoms with van der Waals surface area (Å²) in [6.45, 7) is 0.0599. The van der Waals surface area contributed by atoms with Crippen LogP contribution in [-0.2, 0) is 16.0 Å². The predicted octanol–water partition coefficient (Wildman–Crippen LogP) is 2.18. The molecule has 1 rings (SSSR count). The first kappa shape index (κ1) is 17.5. The molecule has 1 aromatic rings. The fourth-order valence-electron chi connectivity index (χ4n) is 1.47. The quantitative estimate of drug-likeness (QED) is 0.758. The number of benzene rings is 1. The van der Waals surface area contributed by atoms with E-state index in [1.54, 1.807) is 17.4 Å². The molecule has 116 valence electrons. The SMILES string of the molecule is O=C(Cc1ccc(Br)cc1)NCCCNC(=O)C(F)(F)F. The maximum absolute atomic E-state index is 11.9. The van der Waals surface area contributed by atoms with Crippen molar-refractivity contribution in [2.24, 2.45) is 0 Å². The van der Waals surface area contributed by atoms with Crippen molar-refractivity contribution in [3.05, 3.63) is 34.3 Å². The highest BCUT2D eigenvalue weighted by Crippen LogP contribution is 2.13. The molecule has 0 bridgehead atoms. The van der Waals surface area contributed by atoms with Crippen LogP contribution in [0.2, 0.25) is 0 Å². The molecular weight excluding hydrogens is 353 g/mol. The third-order valence-corrected chi connectivity index (χ3v) is 3.03. The monoisotopic (exact) mass is 366 g/mol. The van der Waals surface area contributed by atoms with Crippen molar-refractivity contribution in [2.45, 2.75) is 19.0 Å². The van der Waals surface area contributed by atoms with Crippen molar-refractivity contribution in [1.29, 1.82) is 0 Å². The molecule has 0 unspecified atom stereocenters. The fourth-order valence-corrected chi connectivity index (χ4v) is 1.73. The summed E-state index contributed by atoms with van der Waals surface area (Å²) in [5.74, 6) is -2.19. The Balaban J connectivity index is 2.17. The lowest BCUT2D eigenvalue weighted by molar-refractivity contribution is -0.173. The first-order valence-corrected chi connectivity index (χ1v) is 6.94. The van der Waals surface area contributed by atoms with Gasteiger partial charge in [0.05, 0.1) is 6.42 Å². The molecule has 0 saturated heterocycles. The summed E-state index contributed by atoms with van der Waals surface area (Å²) in [6, 6.07) is 7.23. The number of nitrogens with one attached hydrogen (secondary N) is 2. The second kappa shape index (κ2) is 8.02. The van der Waals surface area contributed by atoms with Crippen LogP contribution >= 0.6 is 15.9 Å². The molecular formula is C13H14BrF3N2O2. The molecule has 0 spiro atoms. The molecule has 0 heterocycles. The highest BCUT2D eigenvalue weighted by Gasteiger charge is 2.38. The van der Waals surface area contributed by atoms with Gasteiger partial charge in [0.2, 0.25) is 5.91 Å². The number of halogens is 4. The summed E-state index contributed by atoms with van der Waals surface area (Å²) in [4.78, 5) is 22.1. The van der Waals surface area contributed by atoms with Gasteiger partial charge in [0.25, 0.3) is 0 Å². The Morgan fingerprint density at radius 3 is 2.19 bits per heavy atom. The second-order valence-corrected chi connectivity index (χ2v) is 5.18. The standard InChI is InChI=1S/C13H14BrF3N2O2/c14-10-4-2-9(3-5-10)8-11(20)18-6-1-7-19-12(21)13(15,16)17/h2-5H,1,6-8H2,(H,18,20)(H,19,21). The number of carbonyl (C=O) groups is 2. The Morgan fingerprint density at radius 1 is 1.05 bits per heavy atom. The van der Waals surface area contributed by atoms with E-state index in [1.165, 1.54) is 0 Å². The van der Waals surface area contributed by atoms with E-state index < -0.39 is 12.1 Å². The second-order valence-electron chi connectivity index (χ2n) is 4.26. The molecule has 8 heteroatoms. The van der Waals surface area contributed by atoms with Crippen LogP contribution in [-0.4, -0.2) is 31.1 Å². The maximum Gasteiger partial charge on any atom is 0.471 e. The van der Waals surface area contributed by atoms with Crippen molar-refractivity contribution in [1.82, 2.24) is 10.6 Å². The van der Waals surface area contributed by atoms with E-state index in [0.29, 0.717) is 0 Å². The van der Waals surface area contributed by atoms with Gasteiger partial charge in [0.1, 0.15) is 0 Å². The number of hydrogen-bond acceptors (Lipinski definition) is 2. The summed E-state index contributed by atoms with van der Waals surface area (Å²) in [7, 11) is 0. The summed E-state index contributed by atoms with van der Waals surface area (Å²) in [5.41, 5.74) is 0.834. The van der Waals surface area contributed by atoms with E-state index in [-0.39, 0.29) is 31.8 Å². The molecule has 0 aliphatic heterocycles. The van der Waals surface area contributed by atoms with Crippen LogP contribution in [0.25, 0.3) is 0 Å². The molecule has 0 aliphatic rings. The third-order valence-electron chi connectivity index (χ3n) is 2.50. The number of carbonyl (C=O) groups excluding carboxylic acids is 2. The largest absolute Gasteiger partial charge is 0.471 e. The third kappa shape index (κ3) is 7.12. The zero-order valence-electron chi connectivity index (χ0n) is 11.0. The lowest BCUT2D eigenvalue weighted by Gasteiger charge is -2.08. The molecule has 1 aromatic carbocycles. The highest BCUT2D eigenvalue weighted by molar-refractivity contribution is 9.10. The van der Waals surface area contributed by atoms with E-state index in [4.69, 9.17) is 0 Å². The molecule has 0 saturated carbocycles. The van der Waals surface area contributed by atoms with E-state index in [0.717, 1.165) is 10.0 Å². The minimum atomic E-state index is -4.87. The van der Waals surface area contributed by atoms with Gasteiger partial charge in [0.15, 0.2) is 0 Å². The van der Waals surface area contributed by atoms with Gasteiger partial charge in [-0.25, -0.2) is 0 Å². The van der Waals surface area contributed by atoms with Crippen LogP contribution < -0.4 is 10.6 Å². The minimum absolute atomic E-state index is 0.142. The highest BCUT2D eigenvalue weighted by atomic mass is 79.9. The predicted molar refractivity (Wildman–Crippen MR) is 74.5 cm³/mol. The van der Waals surface area contributed by atoms with Crippen LogP contribution in [0, 0.1) is 0 Å². The molecule has 0 aromatic heterocycles. The minimum Gasteiger partial charge on any atom is -0.356 e. The average molecular weight is 367 g/mol. The molecule has 0 fully saturated rings.